The lowest BCUT2D eigenvalue weighted by Crippen LogP contribution is -2.56. The van der Waals surface area contributed by atoms with E-state index in [1.165, 1.54) is 24.3 Å². The third kappa shape index (κ3) is 3.54. The first-order valence-electron chi connectivity index (χ1n) is 11.1. The number of benzene rings is 2. The Kier molecular flexibility index (Phi) is 6.84. The summed E-state index contributed by atoms with van der Waals surface area (Å²) in [6.45, 7) is 1.19. The van der Waals surface area contributed by atoms with Crippen LogP contribution >= 0.6 is 81.2 Å². The van der Waals surface area contributed by atoms with Crippen molar-refractivity contribution in [2.45, 2.75) is 21.0 Å². The zero-order chi connectivity index (χ0) is 27.9. The fraction of sp³-hybridized carbons (Fsp3) is 0.280. The van der Waals surface area contributed by atoms with E-state index >= 15 is 0 Å². The van der Waals surface area contributed by atoms with Gasteiger partial charge in [-0.3, -0.25) is 19.2 Å². The monoisotopic (exact) mass is 652 g/mol. The molecule has 1 heterocycles. The normalized spacial score (nSPS) is 29.2. The van der Waals surface area contributed by atoms with E-state index in [1.807, 2.05) is 6.92 Å². The third-order valence-corrected chi connectivity index (χ3v) is 11.6. The van der Waals surface area contributed by atoms with Gasteiger partial charge in [-0.05, 0) is 31.2 Å². The van der Waals surface area contributed by atoms with Gasteiger partial charge >= 0.3 is 0 Å². The molecule has 2 bridgehead atoms. The van der Waals surface area contributed by atoms with Crippen molar-refractivity contribution in [3.8, 4) is 0 Å². The Morgan fingerprint density at radius 3 is 1.71 bits per heavy atom. The summed E-state index contributed by atoms with van der Waals surface area (Å²) >= 11 is 45.3. The first-order chi connectivity index (χ1) is 17.7. The molecule has 3 aliphatic rings. The summed E-state index contributed by atoms with van der Waals surface area (Å²) in [4.78, 5) is 50.5. The Labute approximate surface area is 252 Å². The molecule has 2 fully saturated rings. The molecule has 2 aromatic carbocycles. The summed E-state index contributed by atoms with van der Waals surface area (Å²) in [6.07, 6.45) is 0. The van der Waals surface area contributed by atoms with Crippen LogP contribution in [0.5, 0.6) is 0 Å². The lowest BCUT2D eigenvalue weighted by Gasteiger charge is -2.36. The molecule has 198 valence electrons. The van der Waals surface area contributed by atoms with Crippen molar-refractivity contribution in [2.75, 3.05) is 6.54 Å². The second-order valence-electron chi connectivity index (χ2n) is 9.23. The molecule has 4 atom stereocenters. The Morgan fingerprint density at radius 1 is 0.789 bits per heavy atom. The Hall–Kier alpha value is -1.51. The molecule has 6 nitrogen and oxygen atoms in total. The molecule has 2 aromatic rings. The van der Waals surface area contributed by atoms with Crippen molar-refractivity contribution >= 4 is 105 Å². The number of hydrogen-bond donors (Lipinski definition) is 0. The van der Waals surface area contributed by atoms with Gasteiger partial charge in [-0.2, -0.15) is 5.01 Å². The number of hydrazine groups is 1. The fourth-order valence-electron chi connectivity index (χ4n) is 5.16. The molecule has 38 heavy (non-hydrogen) atoms. The van der Waals surface area contributed by atoms with Crippen molar-refractivity contribution in [2.24, 2.45) is 11.8 Å². The van der Waals surface area contributed by atoms with Crippen molar-refractivity contribution < 1.29 is 19.2 Å². The topological polar surface area (TPSA) is 74.8 Å². The van der Waals surface area contributed by atoms with Gasteiger partial charge in [-0.25, -0.2) is 5.01 Å². The highest BCUT2D eigenvalue weighted by atomic mass is 35.5. The molecule has 2 aliphatic carbocycles. The summed E-state index contributed by atoms with van der Waals surface area (Å²) in [6, 6.07) is 12.3. The van der Waals surface area contributed by atoms with Crippen molar-refractivity contribution in [3.63, 3.8) is 0 Å². The highest BCUT2D eigenvalue weighted by Crippen LogP contribution is 2.77. The average molecular weight is 656 g/mol. The first-order valence-corrected chi connectivity index (χ1v) is 13.7. The maximum absolute atomic E-state index is 13.9. The van der Waals surface area contributed by atoms with Crippen LogP contribution in [0.15, 0.2) is 58.6 Å². The number of carbonyl (C=O) groups is 4. The number of hydrogen-bond acceptors (Lipinski definition) is 4. The summed E-state index contributed by atoms with van der Waals surface area (Å²) in [5.74, 6) is -6.19. The summed E-state index contributed by atoms with van der Waals surface area (Å²) in [5, 5.41) is 1.13. The number of fused-ring (bicyclic) bond motifs is 5. The Morgan fingerprint density at radius 2 is 1.24 bits per heavy atom. The van der Waals surface area contributed by atoms with E-state index in [4.69, 9.17) is 81.2 Å². The van der Waals surface area contributed by atoms with E-state index in [-0.39, 0.29) is 21.2 Å². The molecule has 3 amide bonds. The minimum absolute atomic E-state index is 0.0612. The van der Waals surface area contributed by atoms with E-state index in [9.17, 15) is 19.2 Å². The molecule has 1 aliphatic heterocycles. The zero-order valence-electron chi connectivity index (χ0n) is 19.2. The number of halogens is 7. The van der Waals surface area contributed by atoms with Gasteiger partial charge < -0.3 is 0 Å². The van der Waals surface area contributed by atoms with Crippen LogP contribution in [-0.4, -0.2) is 54.1 Å². The molecule has 1 saturated carbocycles. The zero-order valence-corrected chi connectivity index (χ0v) is 24.4. The molecule has 0 spiro atoms. The van der Waals surface area contributed by atoms with Crippen LogP contribution in [0.1, 0.15) is 26.3 Å². The lowest BCUT2D eigenvalue weighted by atomic mass is 9.84. The van der Waals surface area contributed by atoms with Gasteiger partial charge in [-0.15, -0.1) is 23.2 Å². The first kappa shape index (κ1) is 28.0. The minimum atomic E-state index is -2.13. The summed E-state index contributed by atoms with van der Waals surface area (Å²) < 4.78 is -2.13. The van der Waals surface area contributed by atoms with E-state index in [1.54, 1.807) is 24.3 Å². The van der Waals surface area contributed by atoms with Crippen LogP contribution in [0.2, 0.25) is 5.02 Å². The maximum atomic E-state index is 13.9. The van der Waals surface area contributed by atoms with Gasteiger partial charge in [0.25, 0.3) is 17.7 Å². The SMILES string of the molecule is Cc1ccc(C(=O)CN(C(=O)c2ccc(Cl)cc2)N2C(=O)[C@H]3[C@H](C2=O)[C@@]2(Cl)C(Cl)=C(Cl)[C@@]3(Cl)C2(Cl)Cl)cc1. The number of ketones is 1. The van der Waals surface area contributed by atoms with Crippen LogP contribution in [-0.2, 0) is 9.59 Å². The second kappa shape index (κ2) is 9.27. The molecule has 0 N–H and O–H groups in total. The quantitative estimate of drug-likeness (QED) is 0.214. The largest absolute Gasteiger partial charge is 0.292 e. The number of Topliss-reactive ketones (excluding diaryl/α,β-unsaturated/α-hetero) is 1. The maximum Gasteiger partial charge on any atom is 0.273 e. The van der Waals surface area contributed by atoms with Gasteiger partial charge in [0.1, 0.15) is 16.3 Å². The predicted octanol–water partition coefficient (Wildman–Crippen LogP) is 6.34. The fourth-order valence-corrected chi connectivity index (χ4v) is 8.21. The highest BCUT2D eigenvalue weighted by Gasteiger charge is 2.88. The molecule has 0 unspecified atom stereocenters. The molecular formula is C25H15Cl7N2O4. The number of imide groups is 1. The lowest BCUT2D eigenvalue weighted by molar-refractivity contribution is -0.154. The number of rotatable bonds is 5. The van der Waals surface area contributed by atoms with Crippen LogP contribution in [0, 0.1) is 18.8 Å². The van der Waals surface area contributed by atoms with Crippen LogP contribution in [0.25, 0.3) is 0 Å². The van der Waals surface area contributed by atoms with Crippen LogP contribution in [0.3, 0.4) is 0 Å². The molecule has 0 radical (unpaired) electrons. The van der Waals surface area contributed by atoms with Crippen molar-refractivity contribution in [1.29, 1.82) is 0 Å². The van der Waals surface area contributed by atoms with E-state index in [0.717, 1.165) is 10.6 Å². The number of alkyl halides is 4. The predicted molar refractivity (Wildman–Crippen MR) is 147 cm³/mol. The van der Waals surface area contributed by atoms with Crippen LogP contribution in [0.4, 0.5) is 0 Å². The van der Waals surface area contributed by atoms with Gasteiger partial charge in [0.05, 0.1) is 21.9 Å². The van der Waals surface area contributed by atoms with Gasteiger partial charge in [-0.1, -0.05) is 87.8 Å². The summed E-state index contributed by atoms with van der Waals surface area (Å²) in [5.41, 5.74) is 1.24. The van der Waals surface area contributed by atoms with Crippen LogP contribution < -0.4 is 0 Å². The smallest absolute Gasteiger partial charge is 0.273 e. The molecule has 0 aromatic heterocycles. The Bertz CT molecular complexity index is 1400. The third-order valence-electron chi connectivity index (χ3n) is 7.12. The summed E-state index contributed by atoms with van der Waals surface area (Å²) in [7, 11) is 0. The van der Waals surface area contributed by atoms with Gasteiger partial charge in [0.2, 0.25) is 0 Å². The van der Waals surface area contributed by atoms with Crippen molar-refractivity contribution in [1.82, 2.24) is 10.0 Å². The molecule has 13 heteroatoms. The Balaban J connectivity index is 1.59. The number of aryl methyl sites for hydroxylation is 1. The number of nitrogens with zero attached hydrogens (tertiary/aromatic N) is 2. The van der Waals surface area contributed by atoms with Crippen molar-refractivity contribution in [3.05, 3.63) is 80.3 Å². The number of allylic oxidation sites excluding steroid dienone is 2. The average Bonchev–Trinajstić information content (AvgIpc) is 3.26. The van der Waals surface area contributed by atoms with Gasteiger partial charge in [0, 0.05) is 16.1 Å². The number of amides is 3. The standard InChI is InChI=1S/C25H15Cl7N2O4/c1-11-2-4-12(5-3-11)15(35)10-33(20(36)13-6-8-14(26)9-7-13)34-21(37)16-17(22(34)38)24(30)19(28)18(27)23(16,29)25(24,31)32/h2-9,16-17H,10H2,1H3/t16-,17-,23-,24-/m1/s1. The second-order valence-corrected chi connectivity index (χ2v) is 12.9. The molecule has 1 saturated heterocycles. The van der Waals surface area contributed by atoms with E-state index in [0.29, 0.717) is 10.0 Å². The van der Waals surface area contributed by atoms with E-state index < -0.39 is 56.0 Å². The van der Waals surface area contributed by atoms with E-state index in [2.05, 4.69) is 0 Å². The molecular weight excluding hydrogens is 640 g/mol. The molecule has 5 rings (SSSR count). The van der Waals surface area contributed by atoms with Gasteiger partial charge in [0.15, 0.2) is 10.1 Å². The minimum Gasteiger partial charge on any atom is -0.292 e. The number of carbonyl (C=O) groups excluding carboxylic acids is 4. The highest BCUT2D eigenvalue weighted by molar-refractivity contribution is 6.66.